The normalized spacial score (nSPS) is 24.6. The van der Waals surface area contributed by atoms with E-state index < -0.39 is 24.3 Å². The van der Waals surface area contributed by atoms with E-state index in [4.69, 9.17) is 19.4 Å². The minimum atomic E-state index is -0.648. The van der Waals surface area contributed by atoms with Crippen molar-refractivity contribution in [3.8, 4) is 33.6 Å². The van der Waals surface area contributed by atoms with Crippen molar-refractivity contribution in [3.05, 3.63) is 72.6 Å². The van der Waals surface area contributed by atoms with Crippen LogP contribution in [-0.4, -0.2) is 116 Å². The number of carbonyl (C=O) groups excluding carboxylic acids is 4. The van der Waals surface area contributed by atoms with Crippen LogP contribution >= 0.6 is 0 Å². The fourth-order valence-electron chi connectivity index (χ4n) is 9.63. The summed E-state index contributed by atoms with van der Waals surface area (Å²) in [5.74, 6) is 2.01. The van der Waals surface area contributed by atoms with Gasteiger partial charge in [0.25, 0.3) is 0 Å². The molecule has 4 aromatic rings. The summed E-state index contributed by atoms with van der Waals surface area (Å²) >= 11 is 0. The van der Waals surface area contributed by atoms with Crippen LogP contribution in [0.1, 0.15) is 76.1 Å². The molecular formula is C42H50N8O6. The van der Waals surface area contributed by atoms with Gasteiger partial charge in [0.05, 0.1) is 50.1 Å². The monoisotopic (exact) mass is 762 g/mol. The number of hydrogen-bond donors (Lipinski definition) is 2. The fourth-order valence-corrected chi connectivity index (χ4v) is 9.63. The maximum atomic E-state index is 13.7. The first-order valence-corrected chi connectivity index (χ1v) is 19.6. The zero-order valence-electron chi connectivity index (χ0n) is 32.8. The molecule has 2 aliphatic carbocycles. The molecule has 2 saturated carbocycles. The van der Waals surface area contributed by atoms with Gasteiger partial charge in [0.1, 0.15) is 23.7 Å². The number of aromatic nitrogens is 4. The van der Waals surface area contributed by atoms with Crippen molar-refractivity contribution >= 4 is 24.0 Å². The SMILES string of the molecule is COC(=O)N(C)[C@@H](C)C(=O)N1[C@@H]2CC[C@@H](C2)[C@H]1c1ncc(-c2ccc(-c3ccc(-c4cnc([C@@H]5[C@H]6CC[C@H](C6)N5C(=O)[C@H](C)N(C)C(=O)OC)[nH]4)cc3)cc2)[nH]1. The Morgan fingerprint density at radius 1 is 0.625 bits per heavy atom. The molecule has 294 valence electrons. The third-order valence-electron chi connectivity index (χ3n) is 13.0. The molecule has 0 unspecified atom stereocenters. The molecule has 2 aromatic heterocycles. The zero-order valence-corrected chi connectivity index (χ0v) is 32.8. The lowest BCUT2D eigenvalue weighted by molar-refractivity contribution is -0.141. The molecule has 2 N–H and O–H groups in total. The molecule has 4 fully saturated rings. The molecular weight excluding hydrogens is 713 g/mol. The van der Waals surface area contributed by atoms with E-state index in [9.17, 15) is 19.2 Å². The quantitative estimate of drug-likeness (QED) is 0.198. The van der Waals surface area contributed by atoms with Gasteiger partial charge in [0.2, 0.25) is 11.8 Å². The first kappa shape index (κ1) is 37.3. The van der Waals surface area contributed by atoms with Gasteiger partial charge in [-0.1, -0.05) is 48.5 Å². The minimum Gasteiger partial charge on any atom is -0.453 e. The van der Waals surface area contributed by atoms with Crippen LogP contribution in [0.3, 0.4) is 0 Å². The van der Waals surface area contributed by atoms with Gasteiger partial charge in [-0.15, -0.1) is 0 Å². The highest BCUT2D eigenvalue weighted by Gasteiger charge is 2.52. The topological polar surface area (TPSA) is 157 Å². The number of ether oxygens (including phenoxy) is 2. The van der Waals surface area contributed by atoms with Gasteiger partial charge in [-0.3, -0.25) is 19.4 Å². The molecule has 4 bridgehead atoms. The lowest BCUT2D eigenvalue weighted by atomic mass is 9.97. The number of fused-ring (bicyclic) bond motifs is 4. The minimum absolute atomic E-state index is 0.0907. The molecule has 56 heavy (non-hydrogen) atoms. The Morgan fingerprint density at radius 3 is 1.34 bits per heavy atom. The number of rotatable bonds is 9. The molecule has 8 rings (SSSR count). The first-order chi connectivity index (χ1) is 27.0. The maximum absolute atomic E-state index is 13.7. The number of amides is 4. The Hall–Kier alpha value is -5.66. The molecule has 2 aromatic carbocycles. The molecule has 14 heteroatoms. The number of benzene rings is 2. The number of carbonyl (C=O) groups is 4. The second kappa shape index (κ2) is 14.8. The second-order valence-electron chi connectivity index (χ2n) is 15.9. The van der Waals surface area contributed by atoms with Crippen LogP contribution in [0.15, 0.2) is 60.9 Å². The van der Waals surface area contributed by atoms with E-state index in [1.807, 2.05) is 22.2 Å². The van der Waals surface area contributed by atoms with Crippen LogP contribution in [0.4, 0.5) is 9.59 Å². The Kier molecular flexibility index (Phi) is 9.83. The Bertz CT molecular complexity index is 1960. The summed E-state index contributed by atoms with van der Waals surface area (Å²) in [5, 5.41) is 0. The van der Waals surface area contributed by atoms with Gasteiger partial charge in [-0.25, -0.2) is 19.6 Å². The molecule has 4 aliphatic rings. The van der Waals surface area contributed by atoms with Gasteiger partial charge >= 0.3 is 12.2 Å². The lowest BCUT2D eigenvalue weighted by Gasteiger charge is -2.37. The van der Waals surface area contributed by atoms with Crippen molar-refractivity contribution in [1.82, 2.24) is 39.5 Å². The van der Waals surface area contributed by atoms with Crippen LogP contribution in [0.5, 0.6) is 0 Å². The van der Waals surface area contributed by atoms with E-state index in [1.165, 1.54) is 24.0 Å². The van der Waals surface area contributed by atoms with Gasteiger partial charge < -0.3 is 29.2 Å². The largest absolute Gasteiger partial charge is 0.453 e. The predicted octanol–water partition coefficient (Wildman–Crippen LogP) is 6.41. The van der Waals surface area contributed by atoms with Crippen molar-refractivity contribution in [2.75, 3.05) is 28.3 Å². The summed E-state index contributed by atoms with van der Waals surface area (Å²) in [6.07, 6.45) is 8.49. The summed E-state index contributed by atoms with van der Waals surface area (Å²) in [4.78, 5) is 74.9. The number of imidazole rings is 2. The molecule has 0 radical (unpaired) electrons. The van der Waals surface area contributed by atoms with Gasteiger partial charge in [0.15, 0.2) is 0 Å². The van der Waals surface area contributed by atoms with Crippen LogP contribution in [0.2, 0.25) is 0 Å². The van der Waals surface area contributed by atoms with E-state index in [1.54, 1.807) is 27.9 Å². The van der Waals surface area contributed by atoms with Crippen LogP contribution in [0.25, 0.3) is 33.6 Å². The summed E-state index contributed by atoms with van der Waals surface area (Å²) in [6, 6.07) is 15.3. The third kappa shape index (κ3) is 6.38. The average Bonchev–Trinajstić information content (AvgIpc) is 4.10. The number of aromatic amines is 2. The highest BCUT2D eigenvalue weighted by molar-refractivity contribution is 5.87. The molecule has 14 nitrogen and oxygen atoms in total. The number of nitrogens with zero attached hydrogens (tertiary/aromatic N) is 6. The summed E-state index contributed by atoms with van der Waals surface area (Å²) in [5.41, 5.74) is 5.89. The Morgan fingerprint density at radius 2 is 0.982 bits per heavy atom. The van der Waals surface area contributed by atoms with Crippen LogP contribution in [-0.2, 0) is 19.1 Å². The molecule has 0 spiro atoms. The fraction of sp³-hybridized carbons (Fsp3) is 0.476. The first-order valence-electron chi connectivity index (χ1n) is 19.6. The average molecular weight is 763 g/mol. The van der Waals surface area contributed by atoms with Crippen LogP contribution in [0, 0.1) is 11.8 Å². The number of H-pyrrole nitrogens is 2. The highest BCUT2D eigenvalue weighted by Crippen LogP contribution is 2.51. The van der Waals surface area contributed by atoms with E-state index >= 15 is 0 Å². The van der Waals surface area contributed by atoms with E-state index in [0.29, 0.717) is 11.8 Å². The number of methoxy groups -OCH3 is 2. The molecule has 4 heterocycles. The van der Waals surface area contributed by atoms with Crippen molar-refractivity contribution in [1.29, 1.82) is 0 Å². The number of likely N-dealkylation sites (N-methyl/N-ethyl adjacent to an activating group) is 2. The molecule has 8 atom stereocenters. The molecule has 2 aliphatic heterocycles. The number of piperidine rings is 2. The van der Waals surface area contributed by atoms with E-state index in [0.717, 1.165) is 83.8 Å². The number of nitrogens with one attached hydrogen (secondary N) is 2. The van der Waals surface area contributed by atoms with Crippen LogP contribution < -0.4 is 0 Å². The van der Waals surface area contributed by atoms with Gasteiger partial charge in [-0.05, 0) is 86.5 Å². The lowest BCUT2D eigenvalue weighted by Crippen LogP contribution is -2.51. The maximum Gasteiger partial charge on any atom is 0.409 e. The Balaban J connectivity index is 0.946. The summed E-state index contributed by atoms with van der Waals surface area (Å²) in [6.45, 7) is 3.49. The zero-order chi connectivity index (χ0) is 39.4. The summed E-state index contributed by atoms with van der Waals surface area (Å²) in [7, 11) is 5.82. The summed E-state index contributed by atoms with van der Waals surface area (Å²) < 4.78 is 9.71. The van der Waals surface area contributed by atoms with Crippen molar-refractivity contribution < 1.29 is 28.7 Å². The predicted molar refractivity (Wildman–Crippen MR) is 208 cm³/mol. The third-order valence-corrected chi connectivity index (χ3v) is 13.0. The van der Waals surface area contributed by atoms with E-state index in [-0.39, 0.29) is 36.0 Å². The molecule has 2 saturated heterocycles. The number of hydrogen-bond acceptors (Lipinski definition) is 8. The second-order valence-corrected chi connectivity index (χ2v) is 15.9. The van der Waals surface area contributed by atoms with Gasteiger partial charge in [-0.2, -0.15) is 0 Å². The number of likely N-dealkylation sites (tertiary alicyclic amines) is 2. The van der Waals surface area contributed by atoms with Gasteiger partial charge in [0, 0.05) is 26.2 Å². The highest BCUT2D eigenvalue weighted by atomic mass is 16.5. The molecule has 4 amide bonds. The standard InChI is InChI=1S/C42H50N8O6/c1-23(47(3)41(53)55-5)39(51)49-31-17-15-29(19-31)35(49)37-43-21-33(45-37)27-11-7-25(8-12-27)26-9-13-28(14-10-26)34-22-44-38(46-34)36-30-16-18-32(20-30)50(36)40(52)24(2)48(4)42(54)56-6/h7-14,21-24,29-32,35-36H,15-20H2,1-6H3,(H,43,45)(H,44,46)/t23-,24-,29-,30-,31+,32+,35-,36-/m0/s1. The van der Waals surface area contributed by atoms with Crippen molar-refractivity contribution in [3.63, 3.8) is 0 Å². The van der Waals surface area contributed by atoms with E-state index in [2.05, 4.69) is 58.5 Å². The smallest absolute Gasteiger partial charge is 0.409 e. The van der Waals surface area contributed by atoms with Crippen molar-refractivity contribution in [2.45, 2.75) is 88.6 Å². The Labute approximate surface area is 326 Å². The van der Waals surface area contributed by atoms with Crippen molar-refractivity contribution in [2.24, 2.45) is 11.8 Å².